The number of aromatic nitrogens is 1. The van der Waals surface area contributed by atoms with Gasteiger partial charge in [0, 0.05) is 24.9 Å². The molecular formula is C18H20N2O2S. The Kier molecular flexibility index (Phi) is 5.66. The molecule has 1 aromatic heterocycles. The number of nitrogens with zero attached hydrogens (tertiary/aromatic N) is 2. The molecule has 4 nitrogen and oxygen atoms in total. The molecule has 3 rings (SSSR count). The first-order valence-electron chi connectivity index (χ1n) is 7.80. The average molecular weight is 328 g/mol. The topological polar surface area (TPSA) is 42.4 Å². The third kappa shape index (κ3) is 4.33. The molecule has 1 amide bonds. The molecule has 1 aromatic carbocycles. The molecule has 2 heterocycles. The Bertz CT molecular complexity index is 621. The highest BCUT2D eigenvalue weighted by Crippen LogP contribution is 2.25. The van der Waals surface area contributed by atoms with Gasteiger partial charge in [0.05, 0.1) is 24.3 Å². The lowest BCUT2D eigenvalue weighted by Gasteiger charge is -2.36. The summed E-state index contributed by atoms with van der Waals surface area (Å²) in [6, 6.07) is 16.0. The summed E-state index contributed by atoms with van der Waals surface area (Å²) in [4.78, 5) is 18.8. The number of hydrogen-bond donors (Lipinski definition) is 0. The van der Waals surface area contributed by atoms with Crippen molar-refractivity contribution in [1.29, 1.82) is 0 Å². The summed E-state index contributed by atoms with van der Waals surface area (Å²) in [7, 11) is 0. The van der Waals surface area contributed by atoms with Crippen molar-refractivity contribution < 1.29 is 9.53 Å². The molecule has 0 N–H and O–H groups in total. The van der Waals surface area contributed by atoms with Gasteiger partial charge in [-0.3, -0.25) is 4.79 Å². The van der Waals surface area contributed by atoms with Gasteiger partial charge in [0.25, 0.3) is 0 Å². The smallest absolute Gasteiger partial charge is 0.224 e. The van der Waals surface area contributed by atoms with Crippen molar-refractivity contribution in [1.82, 2.24) is 9.88 Å². The van der Waals surface area contributed by atoms with Crippen molar-refractivity contribution in [2.24, 2.45) is 0 Å². The van der Waals surface area contributed by atoms with Crippen LogP contribution in [0.25, 0.3) is 0 Å². The van der Waals surface area contributed by atoms with Gasteiger partial charge in [0.15, 0.2) is 0 Å². The Labute approximate surface area is 140 Å². The standard InChI is InChI=1S/C18H20N2O2S/c21-18(9-13-23-17-8-4-5-10-19-17)20-11-12-22-14-16(20)15-6-2-1-3-7-15/h1-8,10,16H,9,11-14H2/t16-/m1/s1. The van der Waals surface area contributed by atoms with E-state index in [1.807, 2.05) is 41.3 Å². The maximum absolute atomic E-state index is 12.6. The fraction of sp³-hybridized carbons (Fsp3) is 0.333. The lowest BCUT2D eigenvalue weighted by molar-refractivity contribution is -0.139. The molecule has 0 unspecified atom stereocenters. The van der Waals surface area contributed by atoms with Crippen molar-refractivity contribution in [3.63, 3.8) is 0 Å². The molecule has 23 heavy (non-hydrogen) atoms. The molecular weight excluding hydrogens is 308 g/mol. The number of rotatable bonds is 5. The number of morpholine rings is 1. The number of thioether (sulfide) groups is 1. The van der Waals surface area contributed by atoms with Crippen molar-refractivity contribution in [3.05, 3.63) is 60.3 Å². The van der Waals surface area contributed by atoms with Crippen LogP contribution in [-0.2, 0) is 9.53 Å². The second-order valence-electron chi connectivity index (χ2n) is 5.35. The Balaban J connectivity index is 1.58. The molecule has 5 heteroatoms. The van der Waals surface area contributed by atoms with E-state index in [0.29, 0.717) is 26.2 Å². The van der Waals surface area contributed by atoms with Gasteiger partial charge in [-0.2, -0.15) is 0 Å². The summed E-state index contributed by atoms with van der Waals surface area (Å²) in [6.45, 7) is 1.85. The summed E-state index contributed by atoms with van der Waals surface area (Å²) in [6.07, 6.45) is 2.29. The van der Waals surface area contributed by atoms with E-state index >= 15 is 0 Å². The quantitative estimate of drug-likeness (QED) is 0.791. The molecule has 0 saturated carbocycles. The first kappa shape index (κ1) is 16.0. The van der Waals surface area contributed by atoms with E-state index in [0.717, 1.165) is 16.3 Å². The van der Waals surface area contributed by atoms with Gasteiger partial charge in [-0.15, -0.1) is 11.8 Å². The van der Waals surface area contributed by atoms with Crippen LogP contribution >= 0.6 is 11.8 Å². The van der Waals surface area contributed by atoms with Gasteiger partial charge in [-0.1, -0.05) is 36.4 Å². The van der Waals surface area contributed by atoms with Crippen LogP contribution in [0.4, 0.5) is 0 Å². The molecule has 1 saturated heterocycles. The van der Waals surface area contributed by atoms with Gasteiger partial charge >= 0.3 is 0 Å². The van der Waals surface area contributed by atoms with Crippen LogP contribution in [0.3, 0.4) is 0 Å². The summed E-state index contributed by atoms with van der Waals surface area (Å²) in [5, 5.41) is 0.960. The first-order chi connectivity index (χ1) is 11.3. The summed E-state index contributed by atoms with van der Waals surface area (Å²) < 4.78 is 5.58. The predicted octanol–water partition coefficient (Wildman–Crippen LogP) is 3.16. The van der Waals surface area contributed by atoms with Crippen LogP contribution in [-0.4, -0.2) is 41.3 Å². The number of benzene rings is 1. The minimum Gasteiger partial charge on any atom is -0.377 e. The van der Waals surface area contributed by atoms with E-state index in [1.165, 1.54) is 0 Å². The van der Waals surface area contributed by atoms with Crippen LogP contribution in [0.1, 0.15) is 18.0 Å². The van der Waals surface area contributed by atoms with Crippen molar-refractivity contribution in [3.8, 4) is 0 Å². The van der Waals surface area contributed by atoms with Crippen LogP contribution in [0.5, 0.6) is 0 Å². The van der Waals surface area contributed by atoms with Gasteiger partial charge in [-0.05, 0) is 17.7 Å². The number of amides is 1. The lowest BCUT2D eigenvalue weighted by Crippen LogP contribution is -2.43. The Morgan fingerprint density at radius 1 is 1.22 bits per heavy atom. The maximum atomic E-state index is 12.6. The first-order valence-corrected chi connectivity index (χ1v) is 8.79. The second kappa shape index (κ2) is 8.13. The zero-order valence-corrected chi connectivity index (χ0v) is 13.7. The van der Waals surface area contributed by atoms with Crippen LogP contribution in [0.2, 0.25) is 0 Å². The number of ether oxygens (including phenoxy) is 1. The highest BCUT2D eigenvalue weighted by molar-refractivity contribution is 7.99. The molecule has 0 bridgehead atoms. The highest BCUT2D eigenvalue weighted by Gasteiger charge is 2.28. The van der Waals surface area contributed by atoms with E-state index in [4.69, 9.17) is 4.74 Å². The molecule has 0 aliphatic carbocycles. The summed E-state index contributed by atoms with van der Waals surface area (Å²) in [5.74, 6) is 0.930. The second-order valence-corrected chi connectivity index (χ2v) is 6.47. The van der Waals surface area contributed by atoms with E-state index in [1.54, 1.807) is 18.0 Å². The molecule has 1 fully saturated rings. The lowest BCUT2D eigenvalue weighted by atomic mass is 10.0. The molecule has 120 valence electrons. The van der Waals surface area contributed by atoms with Gasteiger partial charge in [0.1, 0.15) is 0 Å². The minimum atomic E-state index is 0.0253. The molecule has 0 spiro atoms. The Morgan fingerprint density at radius 2 is 2.04 bits per heavy atom. The fourth-order valence-electron chi connectivity index (χ4n) is 2.67. The van der Waals surface area contributed by atoms with Gasteiger partial charge in [-0.25, -0.2) is 4.98 Å². The number of hydrogen-bond acceptors (Lipinski definition) is 4. The van der Waals surface area contributed by atoms with Crippen molar-refractivity contribution in [2.45, 2.75) is 17.5 Å². The molecule has 1 aliphatic rings. The van der Waals surface area contributed by atoms with Crippen LogP contribution in [0.15, 0.2) is 59.8 Å². The number of pyridine rings is 1. The summed E-state index contributed by atoms with van der Waals surface area (Å²) in [5.41, 5.74) is 1.14. The number of carbonyl (C=O) groups is 1. The number of carbonyl (C=O) groups excluding carboxylic acids is 1. The third-order valence-electron chi connectivity index (χ3n) is 3.84. The molecule has 1 aliphatic heterocycles. The zero-order valence-electron chi connectivity index (χ0n) is 12.9. The Hall–Kier alpha value is -1.85. The highest BCUT2D eigenvalue weighted by atomic mass is 32.2. The maximum Gasteiger partial charge on any atom is 0.224 e. The van der Waals surface area contributed by atoms with Gasteiger partial charge < -0.3 is 9.64 Å². The van der Waals surface area contributed by atoms with Crippen LogP contribution < -0.4 is 0 Å². The van der Waals surface area contributed by atoms with E-state index in [-0.39, 0.29) is 11.9 Å². The van der Waals surface area contributed by atoms with E-state index in [9.17, 15) is 4.79 Å². The van der Waals surface area contributed by atoms with E-state index < -0.39 is 0 Å². The largest absolute Gasteiger partial charge is 0.377 e. The van der Waals surface area contributed by atoms with E-state index in [2.05, 4.69) is 17.1 Å². The average Bonchev–Trinajstić information content (AvgIpc) is 2.63. The van der Waals surface area contributed by atoms with Crippen molar-refractivity contribution in [2.75, 3.05) is 25.5 Å². The Morgan fingerprint density at radius 3 is 2.83 bits per heavy atom. The normalized spacial score (nSPS) is 17.9. The zero-order chi connectivity index (χ0) is 15.9. The monoisotopic (exact) mass is 328 g/mol. The third-order valence-corrected chi connectivity index (χ3v) is 4.78. The predicted molar refractivity (Wildman–Crippen MR) is 91.3 cm³/mol. The van der Waals surface area contributed by atoms with Crippen LogP contribution in [0, 0.1) is 0 Å². The molecule has 2 aromatic rings. The minimum absolute atomic E-state index is 0.0253. The summed E-state index contributed by atoms with van der Waals surface area (Å²) >= 11 is 1.62. The SMILES string of the molecule is O=C(CCSc1ccccn1)N1CCOC[C@@H]1c1ccccc1. The molecule has 0 radical (unpaired) electrons. The van der Waals surface area contributed by atoms with Gasteiger partial charge in [0.2, 0.25) is 5.91 Å². The fourth-order valence-corrected chi connectivity index (χ4v) is 3.47. The van der Waals surface area contributed by atoms with Crippen molar-refractivity contribution >= 4 is 17.7 Å². The molecule has 1 atom stereocenters.